The number of hydrogen-bond acceptors (Lipinski definition) is 5. The van der Waals surface area contributed by atoms with Crippen molar-refractivity contribution in [2.75, 3.05) is 6.54 Å². The summed E-state index contributed by atoms with van der Waals surface area (Å²) in [4.78, 5) is 35.1. The average Bonchev–Trinajstić information content (AvgIpc) is 2.35. The maximum Gasteiger partial charge on any atom is 0.245 e. The molecule has 7 heteroatoms. The number of ketones is 3. The minimum atomic E-state index is -4.03. The summed E-state index contributed by atoms with van der Waals surface area (Å²) in [6.07, 6.45) is 0. The van der Waals surface area contributed by atoms with Gasteiger partial charge in [-0.25, -0.2) is 8.42 Å². The Kier molecular flexibility index (Phi) is 3.58. The Hall–Kier alpha value is -1.86. The quantitative estimate of drug-likeness (QED) is 0.754. The van der Waals surface area contributed by atoms with Gasteiger partial charge in [0.15, 0.2) is 11.6 Å². The van der Waals surface area contributed by atoms with Crippen LogP contribution in [0, 0.1) is 0 Å². The fraction of sp³-hybridized carbons (Fsp3) is 0.308. The summed E-state index contributed by atoms with van der Waals surface area (Å²) in [5.41, 5.74) is -0.00694. The van der Waals surface area contributed by atoms with E-state index in [9.17, 15) is 22.8 Å². The summed E-state index contributed by atoms with van der Waals surface area (Å²) in [6, 6.07) is 4.23. The molecule has 0 unspecified atom stereocenters. The van der Waals surface area contributed by atoms with Crippen LogP contribution in [0.3, 0.4) is 0 Å². The molecular weight excluding hydrogens is 282 g/mol. The molecule has 0 amide bonds. The van der Waals surface area contributed by atoms with Gasteiger partial charge in [0.05, 0.1) is 11.4 Å². The maximum absolute atomic E-state index is 12.5. The summed E-state index contributed by atoms with van der Waals surface area (Å²) in [5, 5.41) is 0. The van der Waals surface area contributed by atoms with Gasteiger partial charge in [0.25, 0.3) is 0 Å². The van der Waals surface area contributed by atoms with Crippen LogP contribution in [0.5, 0.6) is 0 Å². The second-order valence-electron chi connectivity index (χ2n) is 4.63. The Bertz CT molecular complexity index is 707. The summed E-state index contributed by atoms with van der Waals surface area (Å²) < 4.78 is 25.6. The van der Waals surface area contributed by atoms with Crippen LogP contribution in [0.4, 0.5) is 0 Å². The highest BCUT2D eigenvalue weighted by atomic mass is 32.2. The molecule has 106 valence electrons. The van der Waals surface area contributed by atoms with Gasteiger partial charge in [-0.3, -0.25) is 14.4 Å². The second kappa shape index (κ2) is 4.92. The van der Waals surface area contributed by atoms with Crippen molar-refractivity contribution in [2.45, 2.75) is 24.8 Å². The molecule has 2 rings (SSSR count). The lowest BCUT2D eigenvalue weighted by Gasteiger charge is -2.32. The van der Waals surface area contributed by atoms with Crippen molar-refractivity contribution in [1.29, 1.82) is 0 Å². The fourth-order valence-corrected chi connectivity index (χ4v) is 4.04. The van der Waals surface area contributed by atoms with Crippen LogP contribution >= 0.6 is 0 Å². The van der Waals surface area contributed by atoms with E-state index in [-0.39, 0.29) is 10.5 Å². The fourth-order valence-electron chi connectivity index (χ4n) is 2.22. The number of benzene rings is 1. The van der Waals surface area contributed by atoms with Gasteiger partial charge in [0.1, 0.15) is 11.8 Å². The molecule has 1 atom stereocenters. The standard InChI is InChI=1S/C13H13NO5S/c1-8(15)7-14-12(9(2)16)13(17)10-5-3-4-6-11(10)20(14,18)19/h3-6,12H,7H2,1-2H3/t12-/m0/s1. The van der Waals surface area contributed by atoms with E-state index in [1.165, 1.54) is 31.2 Å². The number of carbonyl (C=O) groups is 3. The van der Waals surface area contributed by atoms with Gasteiger partial charge in [-0.2, -0.15) is 4.31 Å². The highest BCUT2D eigenvalue weighted by Crippen LogP contribution is 2.30. The monoisotopic (exact) mass is 295 g/mol. The first-order valence-corrected chi connectivity index (χ1v) is 7.36. The van der Waals surface area contributed by atoms with Gasteiger partial charge in [-0.15, -0.1) is 0 Å². The van der Waals surface area contributed by atoms with E-state index in [0.29, 0.717) is 4.31 Å². The highest BCUT2D eigenvalue weighted by molar-refractivity contribution is 7.89. The van der Waals surface area contributed by atoms with Crippen molar-refractivity contribution >= 4 is 27.4 Å². The molecule has 0 radical (unpaired) electrons. The minimum Gasteiger partial charge on any atom is -0.299 e. The van der Waals surface area contributed by atoms with E-state index >= 15 is 0 Å². The van der Waals surface area contributed by atoms with Gasteiger partial charge in [-0.05, 0) is 26.0 Å². The Morgan fingerprint density at radius 2 is 1.80 bits per heavy atom. The first kappa shape index (κ1) is 14.5. The summed E-state index contributed by atoms with van der Waals surface area (Å²) >= 11 is 0. The molecule has 0 spiro atoms. The third-order valence-corrected chi connectivity index (χ3v) is 4.91. The Morgan fingerprint density at radius 3 is 2.35 bits per heavy atom. The Labute approximate surface area is 116 Å². The summed E-state index contributed by atoms with van der Waals surface area (Å²) in [7, 11) is -4.03. The Balaban J connectivity index is 2.71. The highest BCUT2D eigenvalue weighted by Gasteiger charge is 2.46. The minimum absolute atomic E-state index is 0.00694. The van der Waals surface area contributed by atoms with Crippen LogP contribution in [0.1, 0.15) is 24.2 Å². The maximum atomic E-state index is 12.5. The molecule has 0 aromatic heterocycles. The topological polar surface area (TPSA) is 88.6 Å². The molecule has 0 bridgehead atoms. The number of Topliss-reactive ketones (excluding diaryl/α,β-unsaturated/α-hetero) is 3. The van der Waals surface area contributed by atoms with E-state index in [4.69, 9.17) is 0 Å². The van der Waals surface area contributed by atoms with E-state index < -0.39 is 40.0 Å². The van der Waals surface area contributed by atoms with Crippen LogP contribution in [0.2, 0.25) is 0 Å². The average molecular weight is 295 g/mol. The lowest BCUT2D eigenvalue weighted by molar-refractivity contribution is -0.121. The zero-order valence-corrected chi connectivity index (χ0v) is 11.8. The van der Waals surface area contributed by atoms with E-state index in [1.54, 1.807) is 0 Å². The molecule has 20 heavy (non-hydrogen) atoms. The van der Waals surface area contributed by atoms with E-state index in [2.05, 4.69) is 0 Å². The third kappa shape index (κ3) is 2.19. The van der Waals surface area contributed by atoms with Crippen LogP contribution in [-0.2, 0) is 19.6 Å². The van der Waals surface area contributed by atoms with E-state index in [0.717, 1.165) is 6.92 Å². The van der Waals surface area contributed by atoms with Gasteiger partial charge < -0.3 is 0 Å². The van der Waals surface area contributed by atoms with Crippen LogP contribution in [0.15, 0.2) is 29.2 Å². The van der Waals surface area contributed by atoms with Crippen molar-refractivity contribution in [1.82, 2.24) is 4.31 Å². The number of fused-ring (bicyclic) bond motifs is 1. The van der Waals surface area contributed by atoms with Gasteiger partial charge >= 0.3 is 0 Å². The molecule has 0 fully saturated rings. The second-order valence-corrected chi connectivity index (χ2v) is 6.48. The summed E-state index contributed by atoms with van der Waals surface area (Å²) in [6.45, 7) is 1.85. The molecule has 1 aromatic rings. The normalized spacial score (nSPS) is 21.3. The SMILES string of the molecule is CC(=O)CN1[C@@H](C(C)=O)C(=O)c2ccccc2S1(=O)=O. The molecule has 6 nitrogen and oxygen atoms in total. The Morgan fingerprint density at radius 1 is 1.20 bits per heavy atom. The molecular formula is C13H13NO5S. The van der Waals surface area contributed by atoms with Crippen LogP contribution in [0.25, 0.3) is 0 Å². The number of hydrogen-bond donors (Lipinski definition) is 0. The van der Waals surface area contributed by atoms with Gasteiger partial charge in [-0.1, -0.05) is 12.1 Å². The van der Waals surface area contributed by atoms with Crippen molar-refractivity contribution in [2.24, 2.45) is 0 Å². The smallest absolute Gasteiger partial charge is 0.245 e. The van der Waals surface area contributed by atoms with Crippen molar-refractivity contribution in [3.05, 3.63) is 29.8 Å². The zero-order chi connectivity index (χ0) is 15.1. The lowest BCUT2D eigenvalue weighted by Crippen LogP contribution is -2.54. The van der Waals surface area contributed by atoms with Crippen molar-refractivity contribution in [3.8, 4) is 0 Å². The molecule has 1 aliphatic heterocycles. The van der Waals surface area contributed by atoms with Crippen molar-refractivity contribution in [3.63, 3.8) is 0 Å². The van der Waals surface area contributed by atoms with Crippen LogP contribution in [-0.4, -0.2) is 42.7 Å². The molecule has 0 saturated carbocycles. The zero-order valence-electron chi connectivity index (χ0n) is 11.0. The first-order chi connectivity index (χ1) is 9.26. The predicted octanol–water partition coefficient (Wildman–Crippen LogP) is 0.420. The molecule has 0 saturated heterocycles. The van der Waals surface area contributed by atoms with Crippen LogP contribution < -0.4 is 0 Å². The molecule has 0 N–H and O–H groups in total. The number of nitrogens with zero attached hydrogens (tertiary/aromatic N) is 1. The molecule has 1 heterocycles. The number of carbonyl (C=O) groups excluding carboxylic acids is 3. The van der Waals surface area contributed by atoms with Gasteiger partial charge in [0.2, 0.25) is 10.0 Å². The first-order valence-electron chi connectivity index (χ1n) is 5.92. The van der Waals surface area contributed by atoms with Gasteiger partial charge in [0, 0.05) is 5.56 Å². The molecule has 1 aliphatic rings. The largest absolute Gasteiger partial charge is 0.299 e. The number of sulfonamides is 1. The summed E-state index contributed by atoms with van der Waals surface area (Å²) in [5.74, 6) is -1.63. The molecule has 1 aromatic carbocycles. The molecule has 0 aliphatic carbocycles. The van der Waals surface area contributed by atoms with E-state index in [1.807, 2.05) is 0 Å². The number of rotatable bonds is 3. The van der Waals surface area contributed by atoms with Crippen molar-refractivity contribution < 1.29 is 22.8 Å². The third-order valence-electron chi connectivity index (χ3n) is 3.04. The predicted molar refractivity (Wildman–Crippen MR) is 69.8 cm³/mol. The lowest BCUT2D eigenvalue weighted by atomic mass is 10.0.